The van der Waals surface area contributed by atoms with Crippen LogP contribution >= 0.6 is 34.7 Å². The molecule has 0 fully saturated rings. The Morgan fingerprint density at radius 3 is 3.13 bits per heavy atom. The predicted molar refractivity (Wildman–Crippen MR) is 94.5 cm³/mol. The molecule has 1 aliphatic rings. The van der Waals surface area contributed by atoms with E-state index in [4.69, 9.17) is 21.1 Å². The first-order chi connectivity index (χ1) is 11.1. The molecule has 1 amide bonds. The Morgan fingerprint density at radius 1 is 1.48 bits per heavy atom. The van der Waals surface area contributed by atoms with E-state index in [9.17, 15) is 4.79 Å². The molecular formula is C16H16ClNO3S2. The van der Waals surface area contributed by atoms with Gasteiger partial charge in [0.25, 0.3) is 0 Å². The highest BCUT2D eigenvalue weighted by atomic mass is 35.5. The summed E-state index contributed by atoms with van der Waals surface area (Å²) in [5.74, 6) is 1.99. The molecule has 1 aromatic heterocycles. The van der Waals surface area contributed by atoms with Crippen LogP contribution in [0.4, 0.5) is 0 Å². The summed E-state index contributed by atoms with van der Waals surface area (Å²) in [4.78, 5) is 13.3. The van der Waals surface area contributed by atoms with Crippen LogP contribution in [-0.2, 0) is 17.1 Å². The number of thioether (sulfide) groups is 1. The summed E-state index contributed by atoms with van der Waals surface area (Å²) in [5.41, 5.74) is 1.02. The van der Waals surface area contributed by atoms with Crippen molar-refractivity contribution in [2.75, 3.05) is 6.79 Å². The van der Waals surface area contributed by atoms with Gasteiger partial charge in [0.15, 0.2) is 11.5 Å². The maximum absolute atomic E-state index is 12.1. The third-order valence-corrected chi connectivity index (χ3v) is 5.74. The Hall–Kier alpha value is -1.37. The summed E-state index contributed by atoms with van der Waals surface area (Å²) in [6.45, 7) is 2.69. The molecule has 122 valence electrons. The summed E-state index contributed by atoms with van der Waals surface area (Å²) in [6, 6.07) is 7.76. The Labute approximate surface area is 148 Å². The molecule has 0 saturated heterocycles. The molecule has 2 aromatic rings. The molecule has 3 rings (SSSR count). The van der Waals surface area contributed by atoms with Gasteiger partial charge in [0.1, 0.15) is 0 Å². The zero-order valence-electron chi connectivity index (χ0n) is 12.5. The van der Waals surface area contributed by atoms with Gasteiger partial charge in [0.2, 0.25) is 12.7 Å². The van der Waals surface area contributed by atoms with E-state index in [1.807, 2.05) is 36.6 Å². The van der Waals surface area contributed by atoms with Gasteiger partial charge in [-0.05, 0) is 36.1 Å². The second-order valence-electron chi connectivity index (χ2n) is 5.06. The van der Waals surface area contributed by atoms with Gasteiger partial charge in [-0.1, -0.05) is 17.7 Å². The number of carbonyl (C=O) groups is 1. The van der Waals surface area contributed by atoms with Crippen LogP contribution in [-0.4, -0.2) is 18.0 Å². The number of fused-ring (bicyclic) bond motifs is 1. The van der Waals surface area contributed by atoms with Crippen LogP contribution in [0.15, 0.2) is 29.6 Å². The largest absolute Gasteiger partial charge is 0.454 e. The quantitative estimate of drug-likeness (QED) is 0.833. The van der Waals surface area contributed by atoms with Crippen molar-refractivity contribution in [3.05, 3.63) is 45.1 Å². The second kappa shape index (κ2) is 7.47. The smallest absolute Gasteiger partial charge is 0.233 e. The van der Waals surface area contributed by atoms with Crippen LogP contribution in [0.3, 0.4) is 0 Å². The summed E-state index contributed by atoms with van der Waals surface area (Å²) in [6.07, 6.45) is 0. The van der Waals surface area contributed by atoms with Crippen LogP contribution in [0.5, 0.6) is 11.5 Å². The molecule has 1 aromatic carbocycles. The molecule has 0 radical (unpaired) electrons. The molecular weight excluding hydrogens is 354 g/mol. The molecule has 7 heteroatoms. The number of hydrogen-bond acceptors (Lipinski definition) is 5. The fourth-order valence-electron chi connectivity index (χ4n) is 2.13. The van der Waals surface area contributed by atoms with Crippen LogP contribution in [0.1, 0.15) is 17.4 Å². The van der Waals surface area contributed by atoms with Crippen LogP contribution in [0, 0.1) is 0 Å². The minimum Gasteiger partial charge on any atom is -0.454 e. The monoisotopic (exact) mass is 369 g/mol. The molecule has 0 spiro atoms. The van der Waals surface area contributed by atoms with Crippen molar-refractivity contribution < 1.29 is 14.3 Å². The highest BCUT2D eigenvalue weighted by Crippen LogP contribution is 2.40. The van der Waals surface area contributed by atoms with Crippen molar-refractivity contribution in [3.8, 4) is 11.5 Å². The van der Waals surface area contributed by atoms with E-state index in [1.165, 1.54) is 0 Å². The Balaban J connectivity index is 1.51. The zero-order chi connectivity index (χ0) is 16.2. The number of carbonyl (C=O) groups excluding carboxylic acids is 1. The Morgan fingerprint density at radius 2 is 2.35 bits per heavy atom. The average molecular weight is 370 g/mol. The van der Waals surface area contributed by atoms with Crippen LogP contribution in [0.25, 0.3) is 0 Å². The highest BCUT2D eigenvalue weighted by molar-refractivity contribution is 7.99. The Bertz CT molecular complexity index is 691. The molecule has 2 heterocycles. The van der Waals surface area contributed by atoms with Crippen molar-refractivity contribution in [2.24, 2.45) is 0 Å². The number of halogens is 1. The van der Waals surface area contributed by atoms with Gasteiger partial charge >= 0.3 is 0 Å². The zero-order valence-corrected chi connectivity index (χ0v) is 14.9. The first-order valence-electron chi connectivity index (χ1n) is 7.13. The molecule has 0 bridgehead atoms. The summed E-state index contributed by atoms with van der Waals surface area (Å²) in [7, 11) is 0. The topological polar surface area (TPSA) is 47.6 Å². The van der Waals surface area contributed by atoms with Gasteiger partial charge < -0.3 is 14.8 Å². The number of amides is 1. The van der Waals surface area contributed by atoms with Gasteiger partial charge in [0.05, 0.1) is 16.8 Å². The molecule has 1 unspecified atom stereocenters. The summed E-state index contributed by atoms with van der Waals surface area (Å²) < 4.78 is 10.7. The lowest BCUT2D eigenvalue weighted by atomic mass is 10.2. The maximum atomic E-state index is 12.1. The lowest BCUT2D eigenvalue weighted by molar-refractivity contribution is -0.120. The van der Waals surface area contributed by atoms with Gasteiger partial charge in [-0.15, -0.1) is 23.1 Å². The van der Waals surface area contributed by atoms with Crippen molar-refractivity contribution >= 4 is 40.6 Å². The van der Waals surface area contributed by atoms with E-state index in [2.05, 4.69) is 5.32 Å². The van der Waals surface area contributed by atoms with E-state index >= 15 is 0 Å². The third-order valence-electron chi connectivity index (χ3n) is 3.37. The summed E-state index contributed by atoms with van der Waals surface area (Å²) >= 11 is 9.37. The van der Waals surface area contributed by atoms with E-state index in [1.54, 1.807) is 23.1 Å². The highest BCUT2D eigenvalue weighted by Gasteiger charge is 2.19. The number of rotatable bonds is 6. The van der Waals surface area contributed by atoms with Crippen molar-refractivity contribution in [1.82, 2.24) is 5.32 Å². The molecule has 23 heavy (non-hydrogen) atoms. The van der Waals surface area contributed by atoms with E-state index in [0.717, 1.165) is 10.4 Å². The fourth-order valence-corrected chi connectivity index (χ4v) is 3.91. The third kappa shape index (κ3) is 4.13. The van der Waals surface area contributed by atoms with Crippen molar-refractivity contribution in [3.63, 3.8) is 0 Å². The summed E-state index contributed by atoms with van der Waals surface area (Å²) in [5, 5.41) is 5.36. The normalized spacial score (nSPS) is 13.8. The minimum absolute atomic E-state index is 0.0373. The number of ether oxygens (including phenoxy) is 2. The average Bonchev–Trinajstić information content (AvgIpc) is 3.21. The predicted octanol–water partition coefficient (Wildman–Crippen LogP) is 4.07. The first-order valence-corrected chi connectivity index (χ1v) is 9.44. The van der Waals surface area contributed by atoms with Crippen LogP contribution < -0.4 is 14.8 Å². The van der Waals surface area contributed by atoms with E-state index in [0.29, 0.717) is 28.8 Å². The van der Waals surface area contributed by atoms with Gasteiger partial charge in [-0.25, -0.2) is 0 Å². The lowest BCUT2D eigenvalue weighted by Gasteiger charge is -2.12. The SMILES string of the molecule is CC(SCc1cc(Cl)c2c(c1)OCO2)C(=O)NCc1cccs1. The van der Waals surface area contributed by atoms with E-state index in [-0.39, 0.29) is 18.0 Å². The van der Waals surface area contributed by atoms with E-state index < -0.39 is 0 Å². The molecule has 1 N–H and O–H groups in total. The fraction of sp³-hybridized carbons (Fsp3) is 0.312. The standard InChI is InChI=1S/C16H16ClNO3S2/c1-10(16(19)18-7-12-3-2-4-22-12)23-8-11-5-13(17)15-14(6-11)20-9-21-15/h2-6,10H,7-9H2,1H3,(H,18,19). The molecule has 0 saturated carbocycles. The molecule has 1 aliphatic heterocycles. The van der Waals surface area contributed by atoms with Gasteiger partial charge in [0, 0.05) is 10.6 Å². The van der Waals surface area contributed by atoms with Crippen molar-refractivity contribution in [1.29, 1.82) is 0 Å². The Kier molecular flexibility index (Phi) is 5.35. The van der Waals surface area contributed by atoms with Gasteiger partial charge in [-0.3, -0.25) is 4.79 Å². The molecule has 0 aliphatic carbocycles. The van der Waals surface area contributed by atoms with Gasteiger partial charge in [-0.2, -0.15) is 0 Å². The van der Waals surface area contributed by atoms with Crippen LogP contribution in [0.2, 0.25) is 5.02 Å². The van der Waals surface area contributed by atoms with Crippen molar-refractivity contribution in [2.45, 2.75) is 24.5 Å². The lowest BCUT2D eigenvalue weighted by Crippen LogP contribution is -2.30. The minimum atomic E-state index is -0.140. The second-order valence-corrected chi connectivity index (χ2v) is 7.83. The number of hydrogen-bond donors (Lipinski definition) is 1. The number of thiophene rings is 1. The number of nitrogens with one attached hydrogen (secondary N) is 1. The molecule has 1 atom stereocenters. The molecule has 4 nitrogen and oxygen atoms in total. The number of benzene rings is 1. The first kappa shape index (κ1) is 16.5. The maximum Gasteiger partial charge on any atom is 0.233 e.